The fraction of sp³-hybridized carbons (Fsp3) is 1.00. The van der Waals surface area contributed by atoms with Crippen LogP contribution in [0, 0.1) is 5.41 Å². The summed E-state index contributed by atoms with van der Waals surface area (Å²) < 4.78 is 5.60. The number of hydrogen-bond acceptors (Lipinski definition) is 2. The van der Waals surface area contributed by atoms with Crippen LogP contribution in [0.5, 0.6) is 0 Å². The van der Waals surface area contributed by atoms with Crippen LogP contribution in [0.1, 0.15) is 59.3 Å². The SMILES string of the molecule is CCOC1CC(NC2CCCC(C)(C)C2)C1. The highest BCUT2D eigenvalue weighted by Gasteiger charge is 2.34. The molecule has 2 aliphatic carbocycles. The first kappa shape index (κ1) is 12.4. The van der Waals surface area contributed by atoms with Gasteiger partial charge in [-0.1, -0.05) is 20.3 Å². The molecule has 2 rings (SSSR count). The van der Waals surface area contributed by atoms with Crippen molar-refractivity contribution in [3.8, 4) is 0 Å². The maximum atomic E-state index is 5.60. The van der Waals surface area contributed by atoms with E-state index in [1.165, 1.54) is 38.5 Å². The van der Waals surface area contributed by atoms with Crippen LogP contribution in [0.3, 0.4) is 0 Å². The lowest BCUT2D eigenvalue weighted by atomic mass is 9.74. The average molecular weight is 225 g/mol. The minimum atomic E-state index is 0.541. The van der Waals surface area contributed by atoms with E-state index in [9.17, 15) is 0 Å². The Balaban J connectivity index is 1.67. The molecular formula is C14H27NO. The minimum Gasteiger partial charge on any atom is -0.378 e. The second-order valence-electron chi connectivity index (χ2n) is 6.37. The van der Waals surface area contributed by atoms with Crippen LogP contribution in [0.15, 0.2) is 0 Å². The molecule has 0 aromatic carbocycles. The van der Waals surface area contributed by atoms with Crippen molar-refractivity contribution in [2.24, 2.45) is 5.41 Å². The molecular weight excluding hydrogens is 198 g/mol. The van der Waals surface area contributed by atoms with Gasteiger partial charge in [-0.3, -0.25) is 0 Å². The van der Waals surface area contributed by atoms with Crippen LogP contribution in [0.4, 0.5) is 0 Å². The lowest BCUT2D eigenvalue weighted by Gasteiger charge is -2.42. The summed E-state index contributed by atoms with van der Waals surface area (Å²) in [6.45, 7) is 7.77. The summed E-state index contributed by atoms with van der Waals surface area (Å²) in [7, 11) is 0. The van der Waals surface area contributed by atoms with E-state index in [0.717, 1.165) is 18.7 Å². The lowest BCUT2D eigenvalue weighted by Crippen LogP contribution is -2.51. The highest BCUT2D eigenvalue weighted by atomic mass is 16.5. The quantitative estimate of drug-likeness (QED) is 0.794. The van der Waals surface area contributed by atoms with Gasteiger partial charge in [0, 0.05) is 18.7 Å². The summed E-state index contributed by atoms with van der Waals surface area (Å²) in [6.07, 6.45) is 8.51. The van der Waals surface area contributed by atoms with Crippen LogP contribution < -0.4 is 5.32 Å². The largest absolute Gasteiger partial charge is 0.378 e. The Hall–Kier alpha value is -0.0800. The van der Waals surface area contributed by atoms with Crippen LogP contribution in [-0.4, -0.2) is 24.8 Å². The molecule has 1 N–H and O–H groups in total. The number of nitrogens with one attached hydrogen (secondary N) is 1. The normalized spacial score (nSPS) is 38.1. The van der Waals surface area contributed by atoms with Gasteiger partial charge >= 0.3 is 0 Å². The molecule has 0 amide bonds. The number of ether oxygens (including phenoxy) is 1. The zero-order chi connectivity index (χ0) is 11.6. The predicted octanol–water partition coefficient (Wildman–Crippen LogP) is 3.11. The first-order chi connectivity index (χ1) is 7.59. The maximum Gasteiger partial charge on any atom is 0.0604 e. The third kappa shape index (κ3) is 3.21. The van der Waals surface area contributed by atoms with Crippen molar-refractivity contribution in [1.29, 1.82) is 0 Å². The number of hydrogen-bond donors (Lipinski definition) is 1. The van der Waals surface area contributed by atoms with Gasteiger partial charge in [-0.05, 0) is 44.4 Å². The zero-order valence-electron chi connectivity index (χ0n) is 11.1. The molecule has 2 saturated carbocycles. The van der Waals surface area contributed by atoms with Crippen LogP contribution in [0.2, 0.25) is 0 Å². The Morgan fingerprint density at radius 3 is 2.62 bits per heavy atom. The third-order valence-corrected chi connectivity index (χ3v) is 4.17. The molecule has 0 spiro atoms. The van der Waals surface area contributed by atoms with Crippen molar-refractivity contribution in [1.82, 2.24) is 5.32 Å². The van der Waals surface area contributed by atoms with Gasteiger partial charge in [-0.2, -0.15) is 0 Å². The minimum absolute atomic E-state index is 0.541. The monoisotopic (exact) mass is 225 g/mol. The Labute approximate surface area is 100 Å². The molecule has 2 nitrogen and oxygen atoms in total. The Kier molecular flexibility index (Phi) is 3.91. The molecule has 16 heavy (non-hydrogen) atoms. The molecule has 1 atom stereocenters. The topological polar surface area (TPSA) is 21.3 Å². The summed E-state index contributed by atoms with van der Waals surface area (Å²) in [5.74, 6) is 0. The van der Waals surface area contributed by atoms with E-state index in [-0.39, 0.29) is 0 Å². The van der Waals surface area contributed by atoms with E-state index >= 15 is 0 Å². The highest BCUT2D eigenvalue weighted by molar-refractivity contribution is 4.91. The molecule has 0 radical (unpaired) electrons. The van der Waals surface area contributed by atoms with E-state index < -0.39 is 0 Å². The van der Waals surface area contributed by atoms with Crippen molar-refractivity contribution in [2.45, 2.75) is 77.5 Å². The number of rotatable bonds is 4. The first-order valence-electron chi connectivity index (χ1n) is 6.97. The Morgan fingerprint density at radius 1 is 1.25 bits per heavy atom. The fourth-order valence-corrected chi connectivity index (χ4v) is 3.25. The van der Waals surface area contributed by atoms with Gasteiger partial charge in [0.05, 0.1) is 6.10 Å². The van der Waals surface area contributed by atoms with Crippen molar-refractivity contribution in [3.05, 3.63) is 0 Å². The average Bonchev–Trinajstić information content (AvgIpc) is 2.13. The maximum absolute atomic E-state index is 5.60. The van der Waals surface area contributed by atoms with Crippen LogP contribution >= 0.6 is 0 Å². The highest BCUT2D eigenvalue weighted by Crippen LogP contribution is 2.36. The molecule has 2 aliphatic rings. The summed E-state index contributed by atoms with van der Waals surface area (Å²) >= 11 is 0. The summed E-state index contributed by atoms with van der Waals surface area (Å²) in [5, 5.41) is 3.82. The van der Waals surface area contributed by atoms with E-state index in [1.54, 1.807) is 0 Å². The molecule has 2 heteroatoms. The van der Waals surface area contributed by atoms with E-state index in [2.05, 4.69) is 26.1 Å². The Bertz CT molecular complexity index is 221. The van der Waals surface area contributed by atoms with Crippen molar-refractivity contribution < 1.29 is 4.74 Å². The van der Waals surface area contributed by atoms with Crippen molar-refractivity contribution in [3.63, 3.8) is 0 Å². The van der Waals surface area contributed by atoms with Crippen LogP contribution in [0.25, 0.3) is 0 Å². The summed E-state index contributed by atoms with van der Waals surface area (Å²) in [6, 6.07) is 1.49. The summed E-state index contributed by atoms with van der Waals surface area (Å²) in [4.78, 5) is 0. The van der Waals surface area contributed by atoms with Gasteiger partial charge in [0.2, 0.25) is 0 Å². The van der Waals surface area contributed by atoms with Gasteiger partial charge in [0.15, 0.2) is 0 Å². The van der Waals surface area contributed by atoms with E-state index in [4.69, 9.17) is 4.74 Å². The standard InChI is InChI=1S/C14H27NO/c1-4-16-13-8-12(9-13)15-11-6-5-7-14(2,3)10-11/h11-13,15H,4-10H2,1-3H3. The van der Waals surface area contributed by atoms with Gasteiger partial charge in [-0.15, -0.1) is 0 Å². The molecule has 0 bridgehead atoms. The third-order valence-electron chi connectivity index (χ3n) is 4.17. The Morgan fingerprint density at radius 2 is 2.00 bits per heavy atom. The second kappa shape index (κ2) is 5.05. The second-order valence-corrected chi connectivity index (χ2v) is 6.37. The molecule has 0 heterocycles. The molecule has 2 fully saturated rings. The van der Waals surface area contributed by atoms with Crippen LogP contribution in [-0.2, 0) is 4.74 Å². The van der Waals surface area contributed by atoms with E-state index in [1.807, 2.05) is 0 Å². The van der Waals surface area contributed by atoms with Gasteiger partial charge in [0.25, 0.3) is 0 Å². The molecule has 94 valence electrons. The van der Waals surface area contributed by atoms with Crippen molar-refractivity contribution >= 4 is 0 Å². The molecule has 0 aromatic heterocycles. The molecule has 1 unspecified atom stereocenters. The predicted molar refractivity (Wildman–Crippen MR) is 67.6 cm³/mol. The first-order valence-corrected chi connectivity index (χ1v) is 6.97. The molecule has 0 aromatic rings. The van der Waals surface area contributed by atoms with E-state index in [0.29, 0.717) is 11.5 Å². The smallest absolute Gasteiger partial charge is 0.0604 e. The zero-order valence-corrected chi connectivity index (χ0v) is 11.1. The van der Waals surface area contributed by atoms with Crippen molar-refractivity contribution in [2.75, 3.05) is 6.61 Å². The van der Waals surface area contributed by atoms with Gasteiger partial charge < -0.3 is 10.1 Å². The van der Waals surface area contributed by atoms with Gasteiger partial charge in [0.1, 0.15) is 0 Å². The summed E-state index contributed by atoms with van der Waals surface area (Å²) in [5.41, 5.74) is 0.555. The molecule has 0 aliphatic heterocycles. The fourth-order valence-electron chi connectivity index (χ4n) is 3.25. The van der Waals surface area contributed by atoms with Gasteiger partial charge in [-0.25, -0.2) is 0 Å². The lowest BCUT2D eigenvalue weighted by molar-refractivity contribution is -0.0151. The molecule has 0 saturated heterocycles.